The smallest absolute Gasteiger partial charge is 0.272 e. The zero-order chi connectivity index (χ0) is 21.4. The maximum atomic E-state index is 12.7. The van der Waals surface area contributed by atoms with E-state index in [1.165, 1.54) is 18.4 Å². The van der Waals surface area contributed by atoms with Gasteiger partial charge in [0.05, 0.1) is 4.90 Å². The first-order valence-corrected chi connectivity index (χ1v) is 11.3. The summed E-state index contributed by atoms with van der Waals surface area (Å²) in [5.74, 6) is 0.312. The van der Waals surface area contributed by atoms with E-state index in [9.17, 15) is 13.2 Å². The first kappa shape index (κ1) is 21.5. The van der Waals surface area contributed by atoms with E-state index >= 15 is 0 Å². The minimum absolute atomic E-state index is 0.192. The van der Waals surface area contributed by atoms with E-state index in [0.29, 0.717) is 18.2 Å². The van der Waals surface area contributed by atoms with E-state index in [4.69, 9.17) is 0 Å². The quantitative estimate of drug-likeness (QED) is 0.780. The van der Waals surface area contributed by atoms with Gasteiger partial charge in [0.15, 0.2) is 5.69 Å². The van der Waals surface area contributed by atoms with Gasteiger partial charge in [-0.15, -0.1) is 0 Å². The zero-order valence-electron chi connectivity index (χ0n) is 17.7. The number of sulfonamides is 1. The predicted octanol–water partition coefficient (Wildman–Crippen LogP) is 2.74. The number of nitrogens with one attached hydrogen (secondary N) is 2. The number of aromatic nitrogens is 2. The minimum Gasteiger partial charge on any atom is -0.347 e. The molecule has 0 aliphatic heterocycles. The third-order valence-corrected chi connectivity index (χ3v) is 7.57. The Morgan fingerprint density at radius 2 is 1.90 bits per heavy atom. The standard InChI is InChI=1S/C21H30N4O3S/c1-21(2,3)15-8-11-18-17(12-15)19(24-23-18)20(26)22-13-14-6-9-16(10-7-14)29(27,28)25(4)5/h6-7,9-10,15H,8,11-13H2,1-5H3,(H,22,26)(H,23,24). The van der Waals surface area contributed by atoms with Gasteiger partial charge >= 0.3 is 0 Å². The van der Waals surface area contributed by atoms with Crippen molar-refractivity contribution in [3.8, 4) is 0 Å². The average Bonchev–Trinajstić information content (AvgIpc) is 3.09. The van der Waals surface area contributed by atoms with Crippen molar-refractivity contribution in [1.82, 2.24) is 19.8 Å². The molecule has 1 aromatic heterocycles. The SMILES string of the molecule is CN(C)S(=O)(=O)c1ccc(CNC(=O)c2n[nH]c3c2CC(C(C)(C)C)CC3)cc1. The number of nitrogens with zero attached hydrogens (tertiary/aromatic N) is 2. The highest BCUT2D eigenvalue weighted by atomic mass is 32.2. The lowest BCUT2D eigenvalue weighted by molar-refractivity contribution is 0.0943. The second-order valence-corrected chi connectivity index (χ2v) is 11.1. The van der Waals surface area contributed by atoms with Gasteiger partial charge in [0, 0.05) is 31.9 Å². The number of aromatic amines is 1. The van der Waals surface area contributed by atoms with Gasteiger partial charge in [0.1, 0.15) is 0 Å². The summed E-state index contributed by atoms with van der Waals surface area (Å²) in [7, 11) is -0.460. The summed E-state index contributed by atoms with van der Waals surface area (Å²) in [5.41, 5.74) is 3.58. The van der Waals surface area contributed by atoms with Gasteiger partial charge in [-0.1, -0.05) is 32.9 Å². The summed E-state index contributed by atoms with van der Waals surface area (Å²) in [5, 5.41) is 10.2. The van der Waals surface area contributed by atoms with Gasteiger partial charge in [-0.25, -0.2) is 12.7 Å². The molecule has 2 aromatic rings. The van der Waals surface area contributed by atoms with Crippen LogP contribution >= 0.6 is 0 Å². The topological polar surface area (TPSA) is 95.2 Å². The Morgan fingerprint density at radius 3 is 2.48 bits per heavy atom. The number of H-pyrrole nitrogens is 1. The highest BCUT2D eigenvalue weighted by molar-refractivity contribution is 7.89. The third-order valence-electron chi connectivity index (χ3n) is 5.74. The van der Waals surface area contributed by atoms with E-state index in [-0.39, 0.29) is 16.2 Å². The fourth-order valence-corrected chi connectivity index (χ4v) is 4.58. The maximum Gasteiger partial charge on any atom is 0.272 e. The third kappa shape index (κ3) is 4.53. The fraction of sp³-hybridized carbons (Fsp3) is 0.524. The lowest BCUT2D eigenvalue weighted by Gasteiger charge is -2.33. The van der Waals surface area contributed by atoms with E-state index < -0.39 is 10.0 Å². The predicted molar refractivity (Wildman–Crippen MR) is 112 cm³/mol. The van der Waals surface area contributed by atoms with Gasteiger partial charge in [-0.05, 0) is 48.3 Å². The molecule has 0 saturated carbocycles. The molecule has 0 spiro atoms. The van der Waals surface area contributed by atoms with Crippen LogP contribution in [0.4, 0.5) is 0 Å². The molecule has 158 valence electrons. The molecule has 1 aromatic carbocycles. The van der Waals surface area contributed by atoms with Crippen molar-refractivity contribution >= 4 is 15.9 Å². The number of carbonyl (C=O) groups is 1. The molecular formula is C21H30N4O3S. The van der Waals surface area contributed by atoms with Crippen molar-refractivity contribution in [3.05, 3.63) is 46.8 Å². The highest BCUT2D eigenvalue weighted by Crippen LogP contribution is 2.37. The van der Waals surface area contributed by atoms with Crippen LogP contribution < -0.4 is 5.32 Å². The summed E-state index contributed by atoms with van der Waals surface area (Å²) < 4.78 is 25.5. The molecular weight excluding hydrogens is 388 g/mol. The van der Waals surface area contributed by atoms with Gasteiger partial charge in [0.2, 0.25) is 10.0 Å². The molecule has 8 heteroatoms. The van der Waals surface area contributed by atoms with Gasteiger partial charge < -0.3 is 5.32 Å². The van der Waals surface area contributed by atoms with Gasteiger partial charge in [0.25, 0.3) is 5.91 Å². The Hall–Kier alpha value is -2.19. The van der Waals surface area contributed by atoms with Crippen LogP contribution in [-0.4, -0.2) is 42.9 Å². The maximum absolute atomic E-state index is 12.7. The van der Waals surface area contributed by atoms with Crippen LogP contribution in [0, 0.1) is 11.3 Å². The van der Waals surface area contributed by atoms with E-state index in [1.54, 1.807) is 24.3 Å². The van der Waals surface area contributed by atoms with Crippen molar-refractivity contribution in [2.45, 2.75) is 51.5 Å². The molecule has 2 N–H and O–H groups in total. The molecule has 29 heavy (non-hydrogen) atoms. The average molecular weight is 419 g/mol. The van der Waals surface area contributed by atoms with Gasteiger partial charge in [-0.3, -0.25) is 9.89 Å². The number of amides is 1. The van der Waals surface area contributed by atoms with E-state index in [2.05, 4.69) is 36.3 Å². The molecule has 1 unspecified atom stereocenters. The summed E-state index contributed by atoms with van der Waals surface area (Å²) in [6.07, 6.45) is 2.87. The highest BCUT2D eigenvalue weighted by Gasteiger charge is 2.32. The molecule has 1 aliphatic rings. The van der Waals surface area contributed by atoms with Crippen LogP contribution in [0.25, 0.3) is 0 Å². The Morgan fingerprint density at radius 1 is 1.24 bits per heavy atom. The van der Waals surface area contributed by atoms with Crippen LogP contribution in [-0.2, 0) is 29.4 Å². The van der Waals surface area contributed by atoms with Crippen LogP contribution in [0.5, 0.6) is 0 Å². The van der Waals surface area contributed by atoms with E-state index in [0.717, 1.165) is 36.1 Å². The zero-order valence-corrected chi connectivity index (χ0v) is 18.6. The second kappa shape index (κ2) is 7.91. The number of hydrogen-bond donors (Lipinski definition) is 2. The fourth-order valence-electron chi connectivity index (χ4n) is 3.68. The van der Waals surface area contributed by atoms with Crippen molar-refractivity contribution in [2.24, 2.45) is 11.3 Å². The van der Waals surface area contributed by atoms with Crippen LogP contribution in [0.15, 0.2) is 29.2 Å². The lowest BCUT2D eigenvalue weighted by Crippen LogP contribution is -2.29. The van der Waals surface area contributed by atoms with Crippen molar-refractivity contribution in [1.29, 1.82) is 0 Å². The van der Waals surface area contributed by atoms with Crippen molar-refractivity contribution < 1.29 is 13.2 Å². The molecule has 1 aliphatic carbocycles. The molecule has 1 heterocycles. The number of carbonyl (C=O) groups excluding carboxylic acids is 1. The van der Waals surface area contributed by atoms with Crippen LogP contribution in [0.2, 0.25) is 0 Å². The monoisotopic (exact) mass is 418 g/mol. The molecule has 3 rings (SSSR count). The summed E-state index contributed by atoms with van der Waals surface area (Å²) in [6, 6.07) is 6.54. The number of hydrogen-bond acceptors (Lipinski definition) is 4. The molecule has 0 fully saturated rings. The normalized spacial score (nSPS) is 17.2. The van der Waals surface area contributed by atoms with Crippen LogP contribution in [0.1, 0.15) is 54.5 Å². The minimum atomic E-state index is -3.46. The molecule has 0 radical (unpaired) electrons. The largest absolute Gasteiger partial charge is 0.347 e. The number of aryl methyl sites for hydroxylation is 1. The number of benzene rings is 1. The summed E-state index contributed by atoms with van der Waals surface area (Å²) in [6.45, 7) is 7.03. The number of rotatable bonds is 5. The molecule has 7 nitrogen and oxygen atoms in total. The second-order valence-electron chi connectivity index (χ2n) is 8.95. The van der Waals surface area contributed by atoms with Crippen LogP contribution in [0.3, 0.4) is 0 Å². The Kier molecular flexibility index (Phi) is 5.87. The number of fused-ring (bicyclic) bond motifs is 1. The molecule has 1 amide bonds. The Bertz CT molecular complexity index is 986. The van der Waals surface area contributed by atoms with E-state index in [1.807, 2.05) is 0 Å². The lowest BCUT2D eigenvalue weighted by atomic mass is 9.71. The Labute approximate surface area is 172 Å². The summed E-state index contributed by atoms with van der Waals surface area (Å²) >= 11 is 0. The molecule has 0 bridgehead atoms. The Balaban J connectivity index is 1.68. The first-order chi connectivity index (χ1) is 13.5. The summed E-state index contributed by atoms with van der Waals surface area (Å²) in [4.78, 5) is 13.0. The molecule has 1 atom stereocenters. The van der Waals surface area contributed by atoms with Crippen molar-refractivity contribution in [2.75, 3.05) is 14.1 Å². The van der Waals surface area contributed by atoms with Crippen molar-refractivity contribution in [3.63, 3.8) is 0 Å². The molecule has 0 saturated heterocycles. The first-order valence-electron chi connectivity index (χ1n) is 9.86. The van der Waals surface area contributed by atoms with Gasteiger partial charge in [-0.2, -0.15) is 5.10 Å².